The highest BCUT2D eigenvalue weighted by atomic mass is 16.3. The summed E-state index contributed by atoms with van der Waals surface area (Å²) < 4.78 is 46.6. The maximum atomic E-state index is 12.8. The highest BCUT2D eigenvalue weighted by molar-refractivity contribution is 5.93. The number of carbonyl (C=O) groups excluding carboxylic acids is 2. The minimum Gasteiger partial charge on any atom is -0.382 e. The van der Waals surface area contributed by atoms with Gasteiger partial charge in [-0.2, -0.15) is 0 Å². The number of benzene rings is 1. The molecule has 0 heterocycles. The molecule has 0 aliphatic heterocycles. The Hall–Kier alpha value is -2.20. The number of Topliss-reactive ketones (excluding diaryl/α,β-unsaturated/α-hetero) is 1. The van der Waals surface area contributed by atoms with Crippen LogP contribution in [0.15, 0.2) is 47.1 Å². The topological polar surface area (TPSA) is 57.6 Å². The summed E-state index contributed by atoms with van der Waals surface area (Å²) in [6.07, 6.45) is 6.33. The van der Waals surface area contributed by atoms with Crippen LogP contribution in [0.25, 0.3) is 0 Å². The van der Waals surface area contributed by atoms with E-state index >= 15 is 0 Å². The summed E-state index contributed by atoms with van der Waals surface area (Å²) in [5.41, 5.74) is 2.53. The summed E-state index contributed by atoms with van der Waals surface area (Å²) in [6.45, 7) is -2.17. The van der Waals surface area contributed by atoms with Crippen molar-refractivity contribution >= 4 is 17.3 Å². The van der Waals surface area contributed by atoms with E-state index in [1.165, 1.54) is 18.1 Å². The molecule has 0 unspecified atom stereocenters. The molecule has 32 heavy (non-hydrogen) atoms. The summed E-state index contributed by atoms with van der Waals surface area (Å²) in [4.78, 5) is 25.5. The molecule has 1 aromatic carbocycles. The standard InChI is InChI=1S/C28H35NO3/c1-17(30)28(32)14-13-25-23-11-7-19-15-21(31)10-12-22(19)26(23)24(16-27(25,28)2)18-5-8-20(9-6-18)29(3)4/h5-6,8-9,15,23-25,32H,7,10-14,16H2,1-4H3/t23-,24+,25-,27-,28-/m0/s1/i3D3,4D3. The molecule has 170 valence electrons. The monoisotopic (exact) mass is 439 g/mol. The van der Waals surface area contributed by atoms with Crippen LogP contribution in [0.4, 0.5) is 5.69 Å². The smallest absolute Gasteiger partial charge is 0.161 e. The zero-order valence-electron chi connectivity index (χ0n) is 24.8. The van der Waals surface area contributed by atoms with Crippen molar-refractivity contribution in [2.45, 2.75) is 70.3 Å². The zero-order chi connectivity index (χ0) is 27.8. The van der Waals surface area contributed by atoms with Crippen LogP contribution in [0, 0.1) is 17.3 Å². The highest BCUT2D eigenvalue weighted by Gasteiger charge is 2.64. The van der Waals surface area contributed by atoms with Crippen LogP contribution in [-0.4, -0.2) is 36.2 Å². The lowest BCUT2D eigenvalue weighted by Crippen LogP contribution is -2.55. The number of nitrogens with zero attached hydrogens (tertiary/aromatic N) is 1. The molecule has 0 saturated heterocycles. The van der Waals surface area contributed by atoms with Crippen LogP contribution in [0.5, 0.6) is 0 Å². The Morgan fingerprint density at radius 1 is 1.16 bits per heavy atom. The Kier molecular flexibility index (Phi) is 3.61. The summed E-state index contributed by atoms with van der Waals surface area (Å²) >= 11 is 0. The van der Waals surface area contributed by atoms with Crippen molar-refractivity contribution in [2.24, 2.45) is 17.3 Å². The van der Waals surface area contributed by atoms with Crippen molar-refractivity contribution in [3.05, 3.63) is 52.6 Å². The molecule has 0 aromatic heterocycles. The molecule has 4 aliphatic rings. The number of allylic oxidation sites excluding steroid dienone is 4. The van der Waals surface area contributed by atoms with Gasteiger partial charge < -0.3 is 10.0 Å². The van der Waals surface area contributed by atoms with E-state index in [9.17, 15) is 14.7 Å². The van der Waals surface area contributed by atoms with Crippen molar-refractivity contribution < 1.29 is 22.9 Å². The van der Waals surface area contributed by atoms with Crippen molar-refractivity contribution in [2.75, 3.05) is 18.9 Å². The lowest BCUT2D eigenvalue weighted by atomic mass is 9.51. The Morgan fingerprint density at radius 2 is 1.91 bits per heavy atom. The number of hydrogen-bond acceptors (Lipinski definition) is 4. The molecule has 4 aliphatic carbocycles. The SMILES string of the molecule is [2H]C([2H])([2H])N(c1ccc([C@H]2C[C@@]3(C)[C@@H](CC[C@]3(O)C(C)=O)[C@@H]3CCC4=CC(=O)CCC4=C32)cc1)C([2H])([2H])[2H]. The fourth-order valence-corrected chi connectivity index (χ4v) is 7.40. The molecule has 0 bridgehead atoms. The van der Waals surface area contributed by atoms with Crippen LogP contribution >= 0.6 is 0 Å². The molecule has 0 radical (unpaired) electrons. The molecule has 2 fully saturated rings. The quantitative estimate of drug-likeness (QED) is 0.722. The van der Waals surface area contributed by atoms with Gasteiger partial charge in [0.2, 0.25) is 0 Å². The van der Waals surface area contributed by atoms with E-state index in [4.69, 9.17) is 8.22 Å². The first kappa shape index (κ1) is 15.6. The maximum Gasteiger partial charge on any atom is 0.161 e. The van der Waals surface area contributed by atoms with E-state index in [0.29, 0.717) is 30.6 Å². The van der Waals surface area contributed by atoms with E-state index in [0.717, 1.165) is 30.4 Å². The van der Waals surface area contributed by atoms with Gasteiger partial charge in [0.25, 0.3) is 0 Å². The van der Waals surface area contributed by atoms with Crippen LogP contribution in [0.3, 0.4) is 0 Å². The first-order valence-corrected chi connectivity index (χ1v) is 11.7. The van der Waals surface area contributed by atoms with Gasteiger partial charge in [0, 0.05) is 45.6 Å². The van der Waals surface area contributed by atoms with Crippen molar-refractivity contribution in [1.29, 1.82) is 0 Å². The number of ketones is 2. The van der Waals surface area contributed by atoms with Gasteiger partial charge in [0.05, 0.1) is 0 Å². The average molecular weight is 440 g/mol. The molecule has 1 N–H and O–H groups in total. The van der Waals surface area contributed by atoms with Gasteiger partial charge in [-0.25, -0.2) is 0 Å². The molecule has 2 saturated carbocycles. The van der Waals surface area contributed by atoms with Gasteiger partial charge in [-0.1, -0.05) is 24.6 Å². The Labute approximate surface area is 199 Å². The highest BCUT2D eigenvalue weighted by Crippen LogP contribution is 2.66. The van der Waals surface area contributed by atoms with Crippen LogP contribution < -0.4 is 4.90 Å². The van der Waals surface area contributed by atoms with E-state index in [1.807, 2.05) is 6.92 Å². The van der Waals surface area contributed by atoms with E-state index < -0.39 is 25.0 Å². The van der Waals surface area contributed by atoms with Gasteiger partial charge >= 0.3 is 0 Å². The van der Waals surface area contributed by atoms with Gasteiger partial charge in [0.15, 0.2) is 11.6 Å². The second kappa shape index (κ2) is 7.41. The zero-order valence-corrected chi connectivity index (χ0v) is 18.8. The van der Waals surface area contributed by atoms with Crippen molar-refractivity contribution in [3.8, 4) is 0 Å². The Bertz CT molecular complexity index is 1220. The molecular formula is C28H35NO3. The van der Waals surface area contributed by atoms with Crippen LogP contribution in [0.1, 0.15) is 78.5 Å². The van der Waals surface area contributed by atoms with Crippen molar-refractivity contribution in [1.82, 2.24) is 0 Å². The molecule has 0 spiro atoms. The first-order chi connectivity index (χ1) is 17.6. The summed E-state index contributed by atoms with van der Waals surface area (Å²) in [6, 6.07) is 6.65. The number of fused-ring (bicyclic) bond motifs is 4. The fourth-order valence-electron chi connectivity index (χ4n) is 7.40. The number of carbonyl (C=O) groups is 2. The second-order valence-electron chi connectivity index (χ2n) is 10.4. The Balaban J connectivity index is 1.64. The summed E-state index contributed by atoms with van der Waals surface area (Å²) in [5.74, 6) is 0.118. The number of aliphatic hydroxyl groups is 1. The minimum absolute atomic E-state index is 0.0800. The lowest BCUT2D eigenvalue weighted by Gasteiger charge is -2.54. The lowest BCUT2D eigenvalue weighted by molar-refractivity contribution is -0.152. The average Bonchev–Trinajstić information content (AvgIpc) is 3.08. The normalized spacial score (nSPS) is 39.8. The van der Waals surface area contributed by atoms with Crippen molar-refractivity contribution in [3.63, 3.8) is 0 Å². The predicted molar refractivity (Wildman–Crippen MR) is 127 cm³/mol. The molecule has 5 atom stereocenters. The molecule has 5 rings (SSSR count). The third-order valence-electron chi connectivity index (χ3n) is 9.02. The van der Waals surface area contributed by atoms with E-state index in [-0.39, 0.29) is 35.0 Å². The van der Waals surface area contributed by atoms with E-state index in [2.05, 4.69) is 0 Å². The van der Waals surface area contributed by atoms with Crippen LogP contribution in [0.2, 0.25) is 0 Å². The molecule has 4 heteroatoms. The number of anilines is 1. The Morgan fingerprint density at radius 3 is 2.59 bits per heavy atom. The minimum atomic E-state index is -2.84. The molecule has 4 nitrogen and oxygen atoms in total. The molecular weight excluding hydrogens is 398 g/mol. The second-order valence-corrected chi connectivity index (χ2v) is 10.4. The summed E-state index contributed by atoms with van der Waals surface area (Å²) in [7, 11) is 0. The number of hydrogen-bond donors (Lipinski definition) is 1. The first-order valence-electron chi connectivity index (χ1n) is 14.7. The fraction of sp³-hybridized carbons (Fsp3) is 0.571. The molecule has 0 amide bonds. The van der Waals surface area contributed by atoms with Gasteiger partial charge in [-0.15, -0.1) is 0 Å². The maximum absolute atomic E-state index is 12.8. The van der Waals surface area contributed by atoms with Gasteiger partial charge in [-0.3, -0.25) is 9.59 Å². The van der Waals surface area contributed by atoms with Gasteiger partial charge in [0.1, 0.15) is 5.60 Å². The third-order valence-corrected chi connectivity index (χ3v) is 9.02. The largest absolute Gasteiger partial charge is 0.382 e. The summed E-state index contributed by atoms with van der Waals surface area (Å²) in [5, 5.41) is 11.7. The third kappa shape index (κ3) is 2.98. The van der Waals surface area contributed by atoms with E-state index in [1.54, 1.807) is 30.3 Å². The number of rotatable bonds is 3. The molecule has 1 aromatic rings. The van der Waals surface area contributed by atoms with Crippen LogP contribution in [-0.2, 0) is 9.59 Å². The van der Waals surface area contributed by atoms with Gasteiger partial charge in [-0.05, 0) is 92.2 Å². The predicted octanol–water partition coefficient (Wildman–Crippen LogP) is 4.97.